The lowest BCUT2D eigenvalue weighted by Crippen LogP contribution is -1.81. The van der Waals surface area contributed by atoms with Gasteiger partial charge in [0.15, 0.2) is 0 Å². The van der Waals surface area contributed by atoms with Crippen molar-refractivity contribution in [3.8, 4) is 0 Å². The number of aryl methyl sites for hydroxylation is 1. The van der Waals surface area contributed by atoms with Crippen LogP contribution in [0.4, 0.5) is 0 Å². The van der Waals surface area contributed by atoms with Gasteiger partial charge in [-0.25, -0.2) is 9.97 Å². The van der Waals surface area contributed by atoms with E-state index >= 15 is 0 Å². The lowest BCUT2D eigenvalue weighted by Gasteiger charge is -1.85. The predicted molar refractivity (Wildman–Crippen MR) is 37.7 cm³/mol. The van der Waals surface area contributed by atoms with Crippen LogP contribution in [0.2, 0.25) is 0 Å². The van der Waals surface area contributed by atoms with E-state index in [1.807, 2.05) is 23.6 Å². The molecule has 3 nitrogen and oxygen atoms in total. The second kappa shape index (κ2) is 1.80. The van der Waals surface area contributed by atoms with Gasteiger partial charge in [0.1, 0.15) is 12.0 Å². The molecule has 0 saturated carbocycles. The van der Waals surface area contributed by atoms with Crippen LogP contribution in [-0.2, 0) is 0 Å². The lowest BCUT2D eigenvalue weighted by molar-refractivity contribution is 1.09. The van der Waals surface area contributed by atoms with Crippen LogP contribution in [0.3, 0.4) is 0 Å². The van der Waals surface area contributed by atoms with Gasteiger partial charge >= 0.3 is 0 Å². The van der Waals surface area contributed by atoms with Gasteiger partial charge in [-0.1, -0.05) is 0 Å². The van der Waals surface area contributed by atoms with E-state index in [-0.39, 0.29) is 0 Å². The highest BCUT2D eigenvalue weighted by Crippen LogP contribution is 2.00. The zero-order chi connectivity index (χ0) is 6.97. The lowest BCUT2D eigenvalue weighted by atomic mass is 10.6. The van der Waals surface area contributed by atoms with Crippen LogP contribution in [0.5, 0.6) is 0 Å². The van der Waals surface area contributed by atoms with E-state index in [4.69, 9.17) is 0 Å². The van der Waals surface area contributed by atoms with Gasteiger partial charge in [0.05, 0.1) is 5.69 Å². The molecule has 0 aromatic carbocycles. The molecule has 2 aromatic rings. The fourth-order valence-corrected chi connectivity index (χ4v) is 0.971. The van der Waals surface area contributed by atoms with E-state index in [1.165, 1.54) is 0 Å². The molecule has 2 heterocycles. The molecule has 0 bridgehead atoms. The molecule has 0 fully saturated rings. The van der Waals surface area contributed by atoms with Gasteiger partial charge in [-0.15, -0.1) is 0 Å². The van der Waals surface area contributed by atoms with E-state index in [2.05, 4.69) is 9.97 Å². The zero-order valence-corrected chi connectivity index (χ0v) is 5.65. The van der Waals surface area contributed by atoms with Crippen molar-refractivity contribution in [1.29, 1.82) is 0 Å². The van der Waals surface area contributed by atoms with Crippen molar-refractivity contribution in [1.82, 2.24) is 14.4 Å². The highest BCUT2D eigenvalue weighted by atomic mass is 15.0. The van der Waals surface area contributed by atoms with Crippen molar-refractivity contribution in [2.45, 2.75) is 6.92 Å². The molecule has 0 saturated heterocycles. The summed E-state index contributed by atoms with van der Waals surface area (Å²) in [7, 11) is 0. The van der Waals surface area contributed by atoms with E-state index in [1.54, 1.807) is 12.5 Å². The minimum Gasteiger partial charge on any atom is -0.290 e. The summed E-state index contributed by atoms with van der Waals surface area (Å²) in [5.41, 5.74) is 1.97. The Labute approximate surface area is 58.4 Å². The van der Waals surface area contributed by atoms with Crippen LogP contribution >= 0.6 is 0 Å². The Hall–Kier alpha value is -1.38. The third-order valence-electron chi connectivity index (χ3n) is 1.38. The molecule has 0 radical (unpaired) electrons. The second-order valence-corrected chi connectivity index (χ2v) is 2.23. The van der Waals surface area contributed by atoms with Gasteiger partial charge in [0.2, 0.25) is 0 Å². The quantitative estimate of drug-likeness (QED) is 0.537. The summed E-state index contributed by atoms with van der Waals surface area (Å²) in [6.07, 6.45) is 5.43. The van der Waals surface area contributed by atoms with Crippen molar-refractivity contribution in [2.24, 2.45) is 0 Å². The molecule has 0 aliphatic rings. The maximum Gasteiger partial charge on any atom is 0.139 e. The summed E-state index contributed by atoms with van der Waals surface area (Å²) in [4.78, 5) is 8.19. The van der Waals surface area contributed by atoms with Crippen LogP contribution < -0.4 is 0 Å². The fourth-order valence-electron chi connectivity index (χ4n) is 0.971. The van der Waals surface area contributed by atoms with Gasteiger partial charge in [0, 0.05) is 12.4 Å². The number of rotatable bonds is 0. The van der Waals surface area contributed by atoms with Gasteiger partial charge in [-0.05, 0) is 13.0 Å². The van der Waals surface area contributed by atoms with Crippen LogP contribution in [-0.4, -0.2) is 14.4 Å². The first kappa shape index (κ1) is 5.41. The Bertz CT molecular complexity index is 317. The monoisotopic (exact) mass is 133 g/mol. The van der Waals surface area contributed by atoms with Crippen LogP contribution in [0, 0.1) is 6.92 Å². The topological polar surface area (TPSA) is 30.2 Å². The molecular formula is C7H7N3. The molecule has 0 unspecified atom stereocenters. The largest absolute Gasteiger partial charge is 0.290 e. The number of fused-ring (bicyclic) bond motifs is 1. The maximum atomic E-state index is 4.24. The third kappa shape index (κ3) is 0.673. The number of hydrogen-bond acceptors (Lipinski definition) is 2. The summed E-state index contributed by atoms with van der Waals surface area (Å²) < 4.78 is 1.90. The SMILES string of the molecule is Cc1cn2cnccc2n1. The molecule has 0 spiro atoms. The molecular weight excluding hydrogens is 126 g/mol. The first-order valence-corrected chi connectivity index (χ1v) is 3.11. The normalized spacial score (nSPS) is 10.5. The Morgan fingerprint density at radius 1 is 1.50 bits per heavy atom. The molecule has 0 atom stereocenters. The average molecular weight is 133 g/mol. The number of imidazole rings is 1. The maximum absolute atomic E-state index is 4.24. The van der Waals surface area contributed by atoms with Crippen LogP contribution in [0.25, 0.3) is 5.65 Å². The van der Waals surface area contributed by atoms with E-state index < -0.39 is 0 Å². The molecule has 0 N–H and O–H groups in total. The standard InChI is InChI=1S/C7H7N3/c1-6-4-10-5-8-3-2-7(10)9-6/h2-5H,1H3. The summed E-state index contributed by atoms with van der Waals surface area (Å²) in [5.74, 6) is 0. The molecule has 0 amide bonds. The number of nitrogens with zero attached hydrogens (tertiary/aromatic N) is 3. The molecule has 2 rings (SSSR count). The Kier molecular flexibility index (Phi) is 0.974. The van der Waals surface area contributed by atoms with Gasteiger partial charge < -0.3 is 0 Å². The molecule has 2 aromatic heterocycles. The average Bonchev–Trinajstić information content (AvgIpc) is 2.27. The zero-order valence-electron chi connectivity index (χ0n) is 5.65. The molecule has 0 aliphatic carbocycles. The van der Waals surface area contributed by atoms with Gasteiger partial charge in [0.25, 0.3) is 0 Å². The van der Waals surface area contributed by atoms with E-state index in [0.29, 0.717) is 0 Å². The Morgan fingerprint density at radius 3 is 3.20 bits per heavy atom. The second-order valence-electron chi connectivity index (χ2n) is 2.23. The highest BCUT2D eigenvalue weighted by Gasteiger charge is 1.92. The summed E-state index contributed by atoms with van der Waals surface area (Å²) >= 11 is 0. The first-order chi connectivity index (χ1) is 4.86. The minimum absolute atomic E-state index is 0.951. The molecule has 0 aliphatic heterocycles. The first-order valence-electron chi connectivity index (χ1n) is 3.11. The van der Waals surface area contributed by atoms with Crippen molar-refractivity contribution in [3.63, 3.8) is 0 Å². The van der Waals surface area contributed by atoms with Crippen molar-refractivity contribution >= 4 is 5.65 Å². The minimum atomic E-state index is 0.951. The van der Waals surface area contributed by atoms with Gasteiger partial charge in [-0.3, -0.25) is 4.40 Å². The van der Waals surface area contributed by atoms with Crippen molar-refractivity contribution in [2.75, 3.05) is 0 Å². The van der Waals surface area contributed by atoms with Gasteiger partial charge in [-0.2, -0.15) is 0 Å². The van der Waals surface area contributed by atoms with Crippen molar-refractivity contribution in [3.05, 3.63) is 30.5 Å². The molecule has 10 heavy (non-hydrogen) atoms. The molecule has 50 valence electrons. The van der Waals surface area contributed by atoms with E-state index in [9.17, 15) is 0 Å². The molecule has 3 heteroatoms. The predicted octanol–water partition coefficient (Wildman–Crippen LogP) is 1.04. The summed E-state index contributed by atoms with van der Waals surface area (Å²) in [6.45, 7) is 1.97. The number of aromatic nitrogens is 3. The van der Waals surface area contributed by atoms with Crippen LogP contribution in [0.1, 0.15) is 5.69 Å². The Balaban J connectivity index is 2.88. The van der Waals surface area contributed by atoms with E-state index in [0.717, 1.165) is 11.3 Å². The summed E-state index contributed by atoms with van der Waals surface area (Å²) in [6, 6.07) is 1.88. The highest BCUT2D eigenvalue weighted by molar-refractivity contribution is 5.37. The Morgan fingerprint density at radius 2 is 2.40 bits per heavy atom. The fraction of sp³-hybridized carbons (Fsp3) is 0.143. The number of hydrogen-bond donors (Lipinski definition) is 0. The van der Waals surface area contributed by atoms with Crippen LogP contribution in [0.15, 0.2) is 24.8 Å². The smallest absolute Gasteiger partial charge is 0.139 e. The third-order valence-corrected chi connectivity index (χ3v) is 1.38. The van der Waals surface area contributed by atoms with Crippen molar-refractivity contribution < 1.29 is 0 Å². The summed E-state index contributed by atoms with van der Waals surface area (Å²) in [5, 5.41) is 0.